The Bertz CT molecular complexity index is 1190. The number of aromatic amines is 1. The summed E-state index contributed by atoms with van der Waals surface area (Å²) in [6, 6.07) is 13.5. The first kappa shape index (κ1) is 16.3. The third-order valence-corrected chi connectivity index (χ3v) is 4.31. The fraction of sp³-hybridized carbons (Fsp3) is 0.167. The van der Waals surface area contributed by atoms with Gasteiger partial charge < -0.3 is 0 Å². The molecule has 0 unspecified atom stereocenters. The predicted octanol–water partition coefficient (Wildman–Crippen LogP) is 3.49. The molecule has 0 radical (unpaired) electrons. The number of hydrogen-bond donors (Lipinski definition) is 1. The predicted molar refractivity (Wildman–Crippen MR) is 90.1 cm³/mol. The molecule has 0 fully saturated rings. The highest BCUT2D eigenvalue weighted by atomic mass is 19.4. The number of alkyl halides is 3. The van der Waals surface area contributed by atoms with Crippen molar-refractivity contribution in [1.29, 1.82) is 0 Å². The Hall–Kier alpha value is -3.16. The van der Waals surface area contributed by atoms with Crippen molar-refractivity contribution in [3.8, 4) is 0 Å². The number of aromatic nitrogens is 4. The number of H-pyrrole nitrogens is 1. The van der Waals surface area contributed by atoms with Crippen LogP contribution in [0.3, 0.4) is 0 Å². The Kier molecular flexibility index (Phi) is 3.57. The van der Waals surface area contributed by atoms with Crippen molar-refractivity contribution >= 4 is 16.6 Å². The summed E-state index contributed by atoms with van der Waals surface area (Å²) in [4.78, 5) is 20.2. The van der Waals surface area contributed by atoms with Crippen LogP contribution >= 0.6 is 0 Å². The molecule has 132 valence electrons. The van der Waals surface area contributed by atoms with Gasteiger partial charge in [0.2, 0.25) is 5.82 Å². The van der Waals surface area contributed by atoms with Crippen molar-refractivity contribution in [3.05, 3.63) is 75.5 Å². The third-order valence-electron chi connectivity index (χ3n) is 4.31. The summed E-state index contributed by atoms with van der Waals surface area (Å²) in [6.45, 7) is 1.60. The van der Waals surface area contributed by atoms with Gasteiger partial charge in [0.1, 0.15) is 0 Å². The third kappa shape index (κ3) is 2.63. The fourth-order valence-corrected chi connectivity index (χ4v) is 3.02. The second-order valence-corrected chi connectivity index (χ2v) is 6.00. The number of aryl methyl sites for hydroxylation is 1. The Morgan fingerprint density at radius 3 is 2.58 bits per heavy atom. The molecule has 0 bridgehead atoms. The SMILES string of the molecule is Cc1nc2nc(C(F)(F)F)[nH]n2c(=O)c1Cc1cccc2ccccc12. The van der Waals surface area contributed by atoms with E-state index in [1.54, 1.807) is 6.92 Å². The van der Waals surface area contributed by atoms with E-state index < -0.39 is 17.6 Å². The smallest absolute Gasteiger partial charge is 0.267 e. The molecule has 5 nitrogen and oxygen atoms in total. The van der Waals surface area contributed by atoms with Crippen LogP contribution in [0.1, 0.15) is 22.6 Å². The van der Waals surface area contributed by atoms with E-state index in [0.29, 0.717) is 11.3 Å². The van der Waals surface area contributed by atoms with E-state index in [9.17, 15) is 18.0 Å². The lowest BCUT2D eigenvalue weighted by Crippen LogP contribution is -2.22. The van der Waals surface area contributed by atoms with Crippen LogP contribution in [-0.2, 0) is 12.6 Å². The van der Waals surface area contributed by atoms with E-state index in [2.05, 4.69) is 9.97 Å². The lowest BCUT2D eigenvalue weighted by Gasteiger charge is -2.08. The zero-order chi connectivity index (χ0) is 18.5. The Morgan fingerprint density at radius 1 is 1.08 bits per heavy atom. The highest BCUT2D eigenvalue weighted by molar-refractivity contribution is 5.85. The van der Waals surface area contributed by atoms with Gasteiger partial charge in [-0.2, -0.15) is 22.7 Å². The summed E-state index contributed by atoms with van der Waals surface area (Å²) >= 11 is 0. The molecule has 0 amide bonds. The fourth-order valence-electron chi connectivity index (χ4n) is 3.02. The quantitative estimate of drug-likeness (QED) is 0.597. The van der Waals surface area contributed by atoms with Crippen LogP contribution in [0.5, 0.6) is 0 Å². The molecule has 26 heavy (non-hydrogen) atoms. The number of benzene rings is 2. The van der Waals surface area contributed by atoms with Gasteiger partial charge in [0, 0.05) is 12.0 Å². The number of fused-ring (bicyclic) bond motifs is 2. The first-order valence-corrected chi connectivity index (χ1v) is 7.86. The normalized spacial score (nSPS) is 12.2. The van der Waals surface area contributed by atoms with Gasteiger partial charge in [0.05, 0.1) is 5.69 Å². The van der Waals surface area contributed by atoms with E-state index in [0.717, 1.165) is 20.9 Å². The van der Waals surface area contributed by atoms with Gasteiger partial charge in [-0.15, -0.1) is 0 Å². The number of hydrogen-bond acceptors (Lipinski definition) is 3. The van der Waals surface area contributed by atoms with Crippen LogP contribution in [0.25, 0.3) is 16.6 Å². The van der Waals surface area contributed by atoms with Crippen LogP contribution in [-0.4, -0.2) is 19.6 Å². The summed E-state index contributed by atoms with van der Waals surface area (Å²) in [6.07, 6.45) is -4.41. The van der Waals surface area contributed by atoms with Crippen molar-refractivity contribution in [2.45, 2.75) is 19.5 Å². The standard InChI is InChI=1S/C18H13F3N4O/c1-10-14(9-12-7-4-6-11-5-2-3-8-13(11)12)15(26)25-17(22-10)23-16(24-25)18(19,20)21/h2-8H,9H2,1H3,(H,22,23,24). The van der Waals surface area contributed by atoms with Gasteiger partial charge in [0.25, 0.3) is 11.3 Å². The summed E-state index contributed by atoms with van der Waals surface area (Å²) < 4.78 is 39.3. The highest BCUT2D eigenvalue weighted by Gasteiger charge is 2.35. The zero-order valence-corrected chi connectivity index (χ0v) is 13.6. The Morgan fingerprint density at radius 2 is 1.81 bits per heavy atom. The second-order valence-electron chi connectivity index (χ2n) is 6.00. The molecule has 4 rings (SSSR count). The van der Waals surface area contributed by atoms with Gasteiger partial charge in [-0.25, -0.2) is 4.98 Å². The maximum atomic E-state index is 12.8. The van der Waals surface area contributed by atoms with Gasteiger partial charge >= 0.3 is 6.18 Å². The average Bonchev–Trinajstić information content (AvgIpc) is 3.03. The maximum absolute atomic E-state index is 12.8. The average molecular weight is 358 g/mol. The van der Waals surface area contributed by atoms with Crippen molar-refractivity contribution in [2.75, 3.05) is 0 Å². The monoisotopic (exact) mass is 358 g/mol. The van der Waals surface area contributed by atoms with Crippen LogP contribution < -0.4 is 5.56 Å². The van der Waals surface area contributed by atoms with E-state index in [-0.39, 0.29) is 12.2 Å². The highest BCUT2D eigenvalue weighted by Crippen LogP contribution is 2.26. The first-order valence-electron chi connectivity index (χ1n) is 7.86. The minimum Gasteiger partial charge on any atom is -0.267 e. The van der Waals surface area contributed by atoms with Crippen molar-refractivity contribution in [2.24, 2.45) is 0 Å². The van der Waals surface area contributed by atoms with Gasteiger partial charge in [0.15, 0.2) is 0 Å². The van der Waals surface area contributed by atoms with E-state index in [1.165, 1.54) is 0 Å². The summed E-state index contributed by atoms with van der Waals surface area (Å²) in [5.74, 6) is -1.54. The molecule has 0 saturated carbocycles. The second kappa shape index (κ2) is 5.69. The minimum absolute atomic E-state index is 0.266. The minimum atomic E-state index is -4.68. The van der Waals surface area contributed by atoms with Crippen molar-refractivity contribution in [1.82, 2.24) is 19.6 Å². The molecule has 0 aliphatic rings. The van der Waals surface area contributed by atoms with Crippen LogP contribution in [0.4, 0.5) is 13.2 Å². The molecule has 0 saturated heterocycles. The summed E-state index contributed by atoms with van der Waals surface area (Å²) in [7, 11) is 0. The molecule has 1 N–H and O–H groups in total. The topological polar surface area (TPSA) is 63.1 Å². The summed E-state index contributed by atoms with van der Waals surface area (Å²) in [5, 5.41) is 4.01. The number of rotatable bonds is 2. The molecule has 0 atom stereocenters. The Balaban J connectivity index is 1.87. The zero-order valence-electron chi connectivity index (χ0n) is 13.6. The molecule has 2 aromatic carbocycles. The van der Waals surface area contributed by atoms with Crippen LogP contribution in [0.15, 0.2) is 47.3 Å². The molecule has 0 aliphatic heterocycles. The van der Waals surface area contributed by atoms with Crippen molar-refractivity contribution < 1.29 is 13.2 Å². The number of halogens is 3. The summed E-state index contributed by atoms with van der Waals surface area (Å²) in [5.41, 5.74) is 1.02. The van der Waals surface area contributed by atoms with Crippen LogP contribution in [0.2, 0.25) is 0 Å². The molecule has 2 aromatic heterocycles. The largest absolute Gasteiger partial charge is 0.451 e. The molecule has 0 spiro atoms. The van der Waals surface area contributed by atoms with Gasteiger partial charge in [-0.1, -0.05) is 42.5 Å². The molecular weight excluding hydrogens is 345 g/mol. The molecule has 4 aromatic rings. The van der Waals surface area contributed by atoms with Gasteiger partial charge in [-0.05, 0) is 23.3 Å². The first-order chi connectivity index (χ1) is 12.3. The molecule has 8 heteroatoms. The Labute approximate surface area is 145 Å². The maximum Gasteiger partial charge on any atom is 0.451 e. The number of nitrogens with zero attached hydrogens (tertiary/aromatic N) is 3. The van der Waals surface area contributed by atoms with E-state index in [4.69, 9.17) is 0 Å². The molecular formula is C18H13F3N4O. The van der Waals surface area contributed by atoms with Crippen LogP contribution in [0, 0.1) is 6.92 Å². The molecule has 0 aliphatic carbocycles. The van der Waals surface area contributed by atoms with Crippen molar-refractivity contribution in [3.63, 3.8) is 0 Å². The molecule has 2 heterocycles. The lowest BCUT2D eigenvalue weighted by atomic mass is 9.98. The lowest BCUT2D eigenvalue weighted by molar-refractivity contribution is -0.144. The number of nitrogens with one attached hydrogen (secondary N) is 1. The van der Waals surface area contributed by atoms with Gasteiger partial charge in [-0.3, -0.25) is 9.89 Å². The van der Waals surface area contributed by atoms with E-state index in [1.807, 2.05) is 47.6 Å². The van der Waals surface area contributed by atoms with E-state index >= 15 is 0 Å².